The quantitative estimate of drug-likeness (QED) is 0.844. The summed E-state index contributed by atoms with van der Waals surface area (Å²) in [5.41, 5.74) is 2.33. The summed E-state index contributed by atoms with van der Waals surface area (Å²) in [6, 6.07) is 15.6. The fourth-order valence-electron chi connectivity index (χ4n) is 1.64. The van der Waals surface area contributed by atoms with Gasteiger partial charge in [-0.25, -0.2) is 0 Å². The first-order valence-corrected chi connectivity index (χ1v) is 7.70. The zero-order chi connectivity index (χ0) is 14.4. The number of nitrogens with one attached hydrogen (secondary N) is 1. The number of thioether (sulfide) groups is 1. The molecule has 0 atom stereocenters. The molecule has 2 rings (SSSR count). The average Bonchev–Trinajstić information content (AvgIpc) is 2.46. The molecule has 2 aromatic carbocycles. The summed E-state index contributed by atoms with van der Waals surface area (Å²) in [7, 11) is 0. The monoisotopic (exact) mass is 305 g/mol. The van der Waals surface area contributed by atoms with Crippen LogP contribution in [0.15, 0.2) is 53.4 Å². The Kier molecular flexibility index (Phi) is 5.50. The first-order valence-electron chi connectivity index (χ1n) is 6.34. The minimum Gasteiger partial charge on any atom is -0.351 e. The van der Waals surface area contributed by atoms with E-state index in [-0.39, 0.29) is 5.91 Å². The maximum Gasteiger partial charge on any atom is 0.230 e. The summed E-state index contributed by atoms with van der Waals surface area (Å²) in [5, 5.41) is 3.62. The zero-order valence-corrected chi connectivity index (χ0v) is 12.8. The van der Waals surface area contributed by atoms with Crippen LogP contribution in [0.2, 0.25) is 5.02 Å². The molecule has 20 heavy (non-hydrogen) atoms. The van der Waals surface area contributed by atoms with Gasteiger partial charge in [0.1, 0.15) is 0 Å². The molecule has 0 spiro atoms. The third-order valence-electron chi connectivity index (χ3n) is 2.79. The lowest BCUT2D eigenvalue weighted by Crippen LogP contribution is -2.24. The summed E-state index contributed by atoms with van der Waals surface area (Å²) in [4.78, 5) is 12.8. The molecule has 104 valence electrons. The Morgan fingerprint density at radius 3 is 2.40 bits per heavy atom. The molecule has 1 N–H and O–H groups in total. The highest BCUT2D eigenvalue weighted by Gasteiger charge is 2.03. The number of aryl methyl sites for hydroxylation is 1. The van der Waals surface area contributed by atoms with E-state index in [1.54, 1.807) is 0 Å². The number of amides is 1. The molecule has 0 unspecified atom stereocenters. The maximum atomic E-state index is 11.8. The second-order valence-corrected chi connectivity index (χ2v) is 5.99. The summed E-state index contributed by atoms with van der Waals surface area (Å²) >= 11 is 7.32. The molecule has 0 aliphatic heterocycles. The molecule has 0 radical (unpaired) electrons. The highest BCUT2D eigenvalue weighted by atomic mass is 35.5. The zero-order valence-electron chi connectivity index (χ0n) is 11.2. The molecule has 0 aliphatic carbocycles. The topological polar surface area (TPSA) is 29.1 Å². The molecule has 0 bridgehead atoms. The molecule has 1 amide bonds. The van der Waals surface area contributed by atoms with Crippen molar-refractivity contribution in [2.45, 2.75) is 18.4 Å². The predicted molar refractivity (Wildman–Crippen MR) is 85.2 cm³/mol. The van der Waals surface area contributed by atoms with E-state index in [2.05, 4.69) is 5.32 Å². The lowest BCUT2D eigenvalue weighted by molar-refractivity contribution is -0.118. The van der Waals surface area contributed by atoms with E-state index >= 15 is 0 Å². The van der Waals surface area contributed by atoms with E-state index in [9.17, 15) is 4.79 Å². The van der Waals surface area contributed by atoms with Crippen LogP contribution < -0.4 is 5.32 Å². The Morgan fingerprint density at radius 1 is 1.10 bits per heavy atom. The van der Waals surface area contributed by atoms with Gasteiger partial charge in [0, 0.05) is 16.5 Å². The second kappa shape index (κ2) is 7.36. The van der Waals surface area contributed by atoms with Gasteiger partial charge in [-0.2, -0.15) is 0 Å². The molecule has 0 aliphatic rings. The van der Waals surface area contributed by atoms with Gasteiger partial charge >= 0.3 is 0 Å². The van der Waals surface area contributed by atoms with Crippen LogP contribution in [0.3, 0.4) is 0 Å². The Hall–Kier alpha value is -1.45. The minimum atomic E-state index is 0.0329. The first kappa shape index (κ1) is 14.9. The fourth-order valence-corrected chi connectivity index (χ4v) is 2.49. The van der Waals surface area contributed by atoms with E-state index in [1.807, 2.05) is 55.5 Å². The molecule has 2 aromatic rings. The molecule has 4 heteroatoms. The summed E-state index contributed by atoms with van der Waals surface area (Å²) < 4.78 is 0. The van der Waals surface area contributed by atoms with Gasteiger partial charge in [0.25, 0.3) is 0 Å². The molecule has 0 aromatic heterocycles. The van der Waals surface area contributed by atoms with E-state index in [1.165, 1.54) is 17.3 Å². The van der Waals surface area contributed by atoms with Crippen molar-refractivity contribution in [3.05, 3.63) is 64.7 Å². The normalized spacial score (nSPS) is 10.3. The van der Waals surface area contributed by atoms with Crippen LogP contribution in [-0.4, -0.2) is 11.7 Å². The first-order chi connectivity index (χ1) is 9.63. The number of carbonyl (C=O) groups excluding carboxylic acids is 1. The van der Waals surface area contributed by atoms with E-state index in [0.717, 1.165) is 10.5 Å². The van der Waals surface area contributed by atoms with Gasteiger partial charge in [0.05, 0.1) is 5.75 Å². The maximum absolute atomic E-state index is 11.8. The Balaban J connectivity index is 1.75. The smallest absolute Gasteiger partial charge is 0.230 e. The second-order valence-electron chi connectivity index (χ2n) is 4.50. The van der Waals surface area contributed by atoms with E-state index in [4.69, 9.17) is 11.6 Å². The number of benzene rings is 2. The molecule has 0 heterocycles. The molecular weight excluding hydrogens is 290 g/mol. The van der Waals surface area contributed by atoms with Gasteiger partial charge in [-0.05, 0) is 36.8 Å². The number of halogens is 1. The largest absolute Gasteiger partial charge is 0.351 e. The van der Waals surface area contributed by atoms with Crippen LogP contribution in [0.1, 0.15) is 11.1 Å². The fraction of sp³-hybridized carbons (Fsp3) is 0.188. The van der Waals surface area contributed by atoms with Crippen molar-refractivity contribution < 1.29 is 4.79 Å². The van der Waals surface area contributed by atoms with Crippen LogP contribution in [0.5, 0.6) is 0 Å². The standard InChI is InChI=1S/C16H16ClNOS/c1-12-2-4-13(5-3-12)10-18-16(19)11-20-15-8-6-14(17)7-9-15/h2-9H,10-11H2,1H3,(H,18,19). The van der Waals surface area contributed by atoms with Gasteiger partial charge < -0.3 is 5.32 Å². The van der Waals surface area contributed by atoms with Gasteiger partial charge in [-0.1, -0.05) is 41.4 Å². The molecular formula is C16H16ClNOS. The van der Waals surface area contributed by atoms with Crippen molar-refractivity contribution in [3.8, 4) is 0 Å². The van der Waals surface area contributed by atoms with Crippen molar-refractivity contribution in [1.29, 1.82) is 0 Å². The van der Waals surface area contributed by atoms with E-state index in [0.29, 0.717) is 17.3 Å². The number of carbonyl (C=O) groups is 1. The van der Waals surface area contributed by atoms with Crippen LogP contribution >= 0.6 is 23.4 Å². The van der Waals surface area contributed by atoms with Crippen molar-refractivity contribution >= 4 is 29.3 Å². The van der Waals surface area contributed by atoms with Crippen LogP contribution in [0.4, 0.5) is 0 Å². The average molecular weight is 306 g/mol. The molecule has 0 saturated carbocycles. The van der Waals surface area contributed by atoms with Crippen molar-refractivity contribution in [3.63, 3.8) is 0 Å². The van der Waals surface area contributed by atoms with E-state index < -0.39 is 0 Å². The minimum absolute atomic E-state index is 0.0329. The van der Waals surface area contributed by atoms with Crippen LogP contribution in [0, 0.1) is 6.92 Å². The number of rotatable bonds is 5. The lowest BCUT2D eigenvalue weighted by atomic mass is 10.1. The van der Waals surface area contributed by atoms with Gasteiger partial charge in [-0.15, -0.1) is 11.8 Å². The third kappa shape index (κ3) is 4.91. The van der Waals surface area contributed by atoms with Crippen LogP contribution in [0.25, 0.3) is 0 Å². The molecule has 0 fully saturated rings. The highest BCUT2D eigenvalue weighted by Crippen LogP contribution is 2.19. The summed E-state index contributed by atoms with van der Waals surface area (Å²) in [5.74, 6) is 0.443. The van der Waals surface area contributed by atoms with Crippen molar-refractivity contribution in [2.75, 3.05) is 5.75 Å². The van der Waals surface area contributed by atoms with Crippen molar-refractivity contribution in [1.82, 2.24) is 5.32 Å². The van der Waals surface area contributed by atoms with Crippen molar-refractivity contribution in [2.24, 2.45) is 0 Å². The third-order valence-corrected chi connectivity index (χ3v) is 4.06. The van der Waals surface area contributed by atoms with Gasteiger partial charge in [-0.3, -0.25) is 4.79 Å². The molecule has 0 saturated heterocycles. The number of hydrogen-bond acceptors (Lipinski definition) is 2. The van der Waals surface area contributed by atoms with Crippen LogP contribution in [-0.2, 0) is 11.3 Å². The SMILES string of the molecule is Cc1ccc(CNC(=O)CSc2ccc(Cl)cc2)cc1. The summed E-state index contributed by atoms with van der Waals surface area (Å²) in [6.07, 6.45) is 0. The molecule has 2 nitrogen and oxygen atoms in total. The Labute approximate surface area is 128 Å². The number of hydrogen-bond donors (Lipinski definition) is 1. The highest BCUT2D eigenvalue weighted by molar-refractivity contribution is 8.00. The Morgan fingerprint density at radius 2 is 1.75 bits per heavy atom. The summed E-state index contributed by atoms with van der Waals surface area (Å²) in [6.45, 7) is 2.62. The Bertz CT molecular complexity index is 515. The van der Waals surface area contributed by atoms with Gasteiger partial charge in [0.2, 0.25) is 5.91 Å². The lowest BCUT2D eigenvalue weighted by Gasteiger charge is -2.06. The predicted octanol–water partition coefficient (Wildman–Crippen LogP) is 4.06. The van der Waals surface area contributed by atoms with Gasteiger partial charge in [0.15, 0.2) is 0 Å².